The van der Waals surface area contributed by atoms with Crippen LogP contribution in [0.3, 0.4) is 0 Å². The molecule has 0 aliphatic carbocycles. The zero-order valence-corrected chi connectivity index (χ0v) is 14.6. The fourth-order valence-corrected chi connectivity index (χ4v) is 3.39. The number of amides is 2. The summed E-state index contributed by atoms with van der Waals surface area (Å²) >= 11 is 0. The number of carbonyl (C=O) groups excluding carboxylic acids is 2. The van der Waals surface area contributed by atoms with Gasteiger partial charge in [-0.2, -0.15) is 0 Å². The minimum Gasteiger partial charge on any atom is -0.349 e. The predicted octanol–water partition coefficient (Wildman–Crippen LogP) is -0.639. The Morgan fingerprint density at radius 2 is 2.00 bits per heavy atom. The third-order valence-corrected chi connectivity index (χ3v) is 4.83. The Labute approximate surface area is 146 Å². The second-order valence-corrected chi connectivity index (χ2v) is 6.86. The van der Waals surface area contributed by atoms with Gasteiger partial charge in [0.25, 0.3) is 11.5 Å². The van der Waals surface area contributed by atoms with Crippen LogP contribution in [0.4, 0.5) is 0 Å². The number of likely N-dealkylation sites (tertiary alicyclic amines) is 1. The minimum absolute atomic E-state index is 0.0328. The molecule has 3 heterocycles. The van der Waals surface area contributed by atoms with Crippen molar-refractivity contribution in [1.82, 2.24) is 25.4 Å². The number of aromatic nitrogens is 1. The van der Waals surface area contributed by atoms with E-state index in [4.69, 9.17) is 0 Å². The molecule has 2 amide bonds. The number of nitrogens with zero attached hydrogens (tertiary/aromatic N) is 2. The predicted molar refractivity (Wildman–Crippen MR) is 92.9 cm³/mol. The van der Waals surface area contributed by atoms with Gasteiger partial charge in [0.2, 0.25) is 5.91 Å². The molecule has 1 aromatic heterocycles. The molecular formula is C17H25N5O3. The molecule has 3 N–H and O–H groups in total. The number of hydrogen-bond donors (Lipinski definition) is 3. The highest BCUT2D eigenvalue weighted by molar-refractivity contribution is 5.94. The lowest BCUT2D eigenvalue weighted by atomic mass is 10.0. The number of pyridine rings is 1. The summed E-state index contributed by atoms with van der Waals surface area (Å²) in [5, 5.41) is 9.29. The van der Waals surface area contributed by atoms with Gasteiger partial charge >= 0.3 is 0 Å². The molecule has 3 rings (SSSR count). The summed E-state index contributed by atoms with van der Waals surface area (Å²) in [6, 6.07) is 3.43. The van der Waals surface area contributed by atoms with Crippen molar-refractivity contribution < 1.29 is 9.59 Å². The Bertz CT molecular complexity index is 708. The standard InChI is InChI=1S/C17H25N5O3/c1-11-10-14(23)20-17(18-11)22-8-5-12(6-9-22)19-15(24)13-4-3-7-21(2)16(13)25/h3-4,7,11-12,17-18H,5-6,8-10H2,1-2H3,(H,19,24)(H,20,23). The molecule has 0 aromatic carbocycles. The summed E-state index contributed by atoms with van der Waals surface area (Å²) in [5.74, 6) is -0.260. The van der Waals surface area contributed by atoms with Crippen LogP contribution >= 0.6 is 0 Å². The molecule has 2 unspecified atom stereocenters. The quantitative estimate of drug-likeness (QED) is 0.676. The lowest BCUT2D eigenvalue weighted by Gasteiger charge is -2.41. The normalized spacial score (nSPS) is 25.4. The van der Waals surface area contributed by atoms with Crippen molar-refractivity contribution in [3.8, 4) is 0 Å². The van der Waals surface area contributed by atoms with Gasteiger partial charge in [-0.3, -0.25) is 24.6 Å². The molecule has 2 saturated heterocycles. The molecule has 8 nitrogen and oxygen atoms in total. The lowest BCUT2D eigenvalue weighted by molar-refractivity contribution is -0.127. The van der Waals surface area contributed by atoms with E-state index in [1.165, 1.54) is 4.57 Å². The molecule has 2 fully saturated rings. The van der Waals surface area contributed by atoms with Gasteiger partial charge in [0, 0.05) is 44.8 Å². The molecule has 1 aromatic rings. The van der Waals surface area contributed by atoms with E-state index in [9.17, 15) is 14.4 Å². The second kappa shape index (κ2) is 7.37. The van der Waals surface area contributed by atoms with Crippen molar-refractivity contribution in [2.75, 3.05) is 13.1 Å². The van der Waals surface area contributed by atoms with Crippen LogP contribution in [0.25, 0.3) is 0 Å². The Morgan fingerprint density at radius 1 is 1.28 bits per heavy atom. The largest absolute Gasteiger partial charge is 0.349 e. The summed E-state index contributed by atoms with van der Waals surface area (Å²) in [7, 11) is 1.63. The molecule has 0 bridgehead atoms. The van der Waals surface area contributed by atoms with Crippen LogP contribution in [0.2, 0.25) is 0 Å². The van der Waals surface area contributed by atoms with E-state index in [0.717, 1.165) is 25.9 Å². The molecule has 2 atom stereocenters. The van der Waals surface area contributed by atoms with E-state index in [-0.39, 0.29) is 41.3 Å². The fourth-order valence-electron chi connectivity index (χ4n) is 3.39. The highest BCUT2D eigenvalue weighted by Gasteiger charge is 2.31. The number of piperidine rings is 1. The SMILES string of the molecule is CC1CC(=O)NC(N2CCC(NC(=O)c3cccn(C)c3=O)CC2)N1. The summed E-state index contributed by atoms with van der Waals surface area (Å²) in [4.78, 5) is 38.2. The first-order valence-corrected chi connectivity index (χ1v) is 8.70. The number of nitrogens with one attached hydrogen (secondary N) is 3. The average molecular weight is 347 g/mol. The summed E-state index contributed by atoms with van der Waals surface area (Å²) in [5.41, 5.74) is -0.122. The number of rotatable bonds is 3. The van der Waals surface area contributed by atoms with E-state index in [2.05, 4.69) is 20.9 Å². The zero-order chi connectivity index (χ0) is 18.0. The summed E-state index contributed by atoms with van der Waals surface area (Å²) in [6.45, 7) is 3.53. The first kappa shape index (κ1) is 17.6. The lowest BCUT2D eigenvalue weighted by Crippen LogP contribution is -2.65. The van der Waals surface area contributed by atoms with E-state index in [1.54, 1.807) is 25.4 Å². The molecular weight excluding hydrogens is 322 g/mol. The first-order valence-electron chi connectivity index (χ1n) is 8.70. The highest BCUT2D eigenvalue weighted by atomic mass is 16.2. The second-order valence-electron chi connectivity index (χ2n) is 6.86. The number of carbonyl (C=O) groups is 2. The van der Waals surface area contributed by atoms with Gasteiger partial charge in [-0.1, -0.05) is 0 Å². The maximum absolute atomic E-state index is 12.3. The molecule has 0 saturated carbocycles. The third-order valence-electron chi connectivity index (χ3n) is 4.83. The van der Waals surface area contributed by atoms with Crippen molar-refractivity contribution >= 4 is 11.8 Å². The third kappa shape index (κ3) is 4.08. The fraction of sp³-hybridized carbons (Fsp3) is 0.588. The maximum Gasteiger partial charge on any atom is 0.263 e. The van der Waals surface area contributed by atoms with E-state index >= 15 is 0 Å². The van der Waals surface area contributed by atoms with Gasteiger partial charge in [-0.25, -0.2) is 0 Å². The van der Waals surface area contributed by atoms with Gasteiger partial charge in [0.15, 0.2) is 0 Å². The van der Waals surface area contributed by atoms with Crippen LogP contribution in [0, 0.1) is 0 Å². The molecule has 0 spiro atoms. The highest BCUT2D eigenvalue weighted by Crippen LogP contribution is 2.14. The summed E-state index contributed by atoms with van der Waals surface area (Å²) in [6.07, 6.45) is 3.54. The van der Waals surface area contributed by atoms with Crippen molar-refractivity contribution in [2.45, 2.75) is 44.6 Å². The monoisotopic (exact) mass is 347 g/mol. The van der Waals surface area contributed by atoms with Crippen molar-refractivity contribution in [1.29, 1.82) is 0 Å². The molecule has 0 radical (unpaired) electrons. The van der Waals surface area contributed by atoms with Crippen LogP contribution in [0.5, 0.6) is 0 Å². The van der Waals surface area contributed by atoms with Gasteiger partial charge < -0.3 is 15.2 Å². The topological polar surface area (TPSA) is 95.5 Å². The van der Waals surface area contributed by atoms with E-state index in [1.807, 2.05) is 6.92 Å². The van der Waals surface area contributed by atoms with Gasteiger partial charge in [0.05, 0.1) is 0 Å². The summed E-state index contributed by atoms with van der Waals surface area (Å²) < 4.78 is 1.40. The van der Waals surface area contributed by atoms with Gasteiger partial charge in [-0.05, 0) is 31.9 Å². The molecule has 2 aliphatic heterocycles. The van der Waals surface area contributed by atoms with Crippen LogP contribution in [-0.2, 0) is 11.8 Å². The van der Waals surface area contributed by atoms with Crippen molar-refractivity contribution in [3.63, 3.8) is 0 Å². The Hall–Kier alpha value is -2.19. The smallest absolute Gasteiger partial charge is 0.263 e. The first-order chi connectivity index (χ1) is 11.9. The van der Waals surface area contributed by atoms with Gasteiger partial charge in [-0.15, -0.1) is 0 Å². The number of aryl methyl sites for hydroxylation is 1. The van der Waals surface area contributed by atoms with Crippen LogP contribution in [-0.4, -0.2) is 52.7 Å². The molecule has 25 heavy (non-hydrogen) atoms. The van der Waals surface area contributed by atoms with Gasteiger partial charge in [0.1, 0.15) is 11.9 Å². The Morgan fingerprint density at radius 3 is 2.68 bits per heavy atom. The van der Waals surface area contributed by atoms with Crippen LogP contribution < -0.4 is 21.5 Å². The number of hydrogen-bond acceptors (Lipinski definition) is 5. The average Bonchev–Trinajstić information content (AvgIpc) is 2.57. The van der Waals surface area contributed by atoms with Crippen LogP contribution in [0.1, 0.15) is 36.5 Å². The molecule has 8 heteroatoms. The van der Waals surface area contributed by atoms with Crippen molar-refractivity contribution in [2.24, 2.45) is 7.05 Å². The molecule has 2 aliphatic rings. The van der Waals surface area contributed by atoms with E-state index < -0.39 is 0 Å². The molecule has 136 valence electrons. The maximum atomic E-state index is 12.3. The Kier molecular flexibility index (Phi) is 5.19. The van der Waals surface area contributed by atoms with E-state index in [0.29, 0.717) is 6.42 Å². The van der Waals surface area contributed by atoms with Crippen molar-refractivity contribution in [3.05, 3.63) is 34.2 Å². The minimum atomic E-state index is -0.322. The zero-order valence-electron chi connectivity index (χ0n) is 14.6. The van der Waals surface area contributed by atoms with Crippen LogP contribution in [0.15, 0.2) is 23.1 Å². The Balaban J connectivity index is 1.54.